The van der Waals surface area contributed by atoms with Crippen LogP contribution >= 0.6 is 34.5 Å². The normalized spacial score (nSPS) is 17.3. The van der Waals surface area contributed by atoms with Gasteiger partial charge in [0.2, 0.25) is 5.91 Å². The summed E-state index contributed by atoms with van der Waals surface area (Å²) in [4.78, 5) is 27.3. The fourth-order valence-electron chi connectivity index (χ4n) is 2.62. The molecule has 1 aliphatic rings. The molecule has 1 aromatic carbocycles. The lowest BCUT2D eigenvalue weighted by atomic mass is 10.2. The van der Waals surface area contributed by atoms with E-state index in [4.69, 9.17) is 23.2 Å². The van der Waals surface area contributed by atoms with Crippen molar-refractivity contribution in [3.05, 3.63) is 50.6 Å². The number of benzene rings is 1. The average molecular weight is 369 g/mol. The van der Waals surface area contributed by atoms with E-state index in [-0.39, 0.29) is 11.8 Å². The molecular formula is C16H14Cl2N2O2S. The minimum absolute atomic E-state index is 0.0909. The summed E-state index contributed by atoms with van der Waals surface area (Å²) in [6, 6.07) is 8.06. The number of anilines is 1. The monoisotopic (exact) mass is 368 g/mol. The van der Waals surface area contributed by atoms with Crippen LogP contribution in [0.1, 0.15) is 22.5 Å². The topological polar surface area (TPSA) is 49.4 Å². The molecule has 0 bridgehead atoms. The molecule has 1 N–H and O–H groups in total. The second-order valence-corrected chi connectivity index (χ2v) is 7.01. The van der Waals surface area contributed by atoms with Crippen LogP contribution in [0.15, 0.2) is 35.7 Å². The molecular weight excluding hydrogens is 355 g/mol. The minimum Gasteiger partial charge on any atom is -0.326 e. The highest BCUT2D eigenvalue weighted by Crippen LogP contribution is 2.27. The summed E-state index contributed by atoms with van der Waals surface area (Å²) in [5.41, 5.74) is 0.569. The van der Waals surface area contributed by atoms with E-state index in [9.17, 15) is 9.59 Å². The molecule has 4 nitrogen and oxygen atoms in total. The summed E-state index contributed by atoms with van der Waals surface area (Å²) in [5.74, 6) is -0.294. The fraction of sp³-hybridized carbons (Fsp3) is 0.250. The third-order valence-electron chi connectivity index (χ3n) is 3.74. The second kappa shape index (κ2) is 6.91. The van der Waals surface area contributed by atoms with E-state index in [1.54, 1.807) is 29.2 Å². The van der Waals surface area contributed by atoms with Crippen molar-refractivity contribution in [2.24, 2.45) is 0 Å². The van der Waals surface area contributed by atoms with Crippen molar-refractivity contribution in [2.75, 3.05) is 11.9 Å². The number of hydrogen-bond donors (Lipinski definition) is 1. The maximum Gasteiger partial charge on any atom is 0.264 e. The maximum atomic E-state index is 12.5. The van der Waals surface area contributed by atoms with Crippen LogP contribution in [-0.4, -0.2) is 29.3 Å². The molecule has 1 saturated heterocycles. The zero-order chi connectivity index (χ0) is 16.4. The van der Waals surface area contributed by atoms with Crippen LogP contribution in [0.4, 0.5) is 5.69 Å². The molecule has 0 aliphatic carbocycles. The lowest BCUT2D eigenvalue weighted by Gasteiger charge is -2.23. The molecule has 1 atom stereocenters. The predicted molar refractivity (Wildman–Crippen MR) is 93.5 cm³/mol. The first-order valence-corrected chi connectivity index (χ1v) is 8.80. The Labute approximate surface area is 148 Å². The van der Waals surface area contributed by atoms with E-state index < -0.39 is 6.04 Å². The fourth-order valence-corrected chi connectivity index (χ4v) is 3.60. The van der Waals surface area contributed by atoms with Gasteiger partial charge in [-0.05, 0) is 42.5 Å². The molecule has 0 radical (unpaired) electrons. The van der Waals surface area contributed by atoms with Crippen molar-refractivity contribution in [1.29, 1.82) is 0 Å². The summed E-state index contributed by atoms with van der Waals surface area (Å²) >= 11 is 13.2. The minimum atomic E-state index is -0.459. The lowest BCUT2D eigenvalue weighted by molar-refractivity contribution is -0.119. The Morgan fingerprint density at radius 3 is 2.74 bits per heavy atom. The Bertz CT molecular complexity index is 734. The van der Waals surface area contributed by atoms with Gasteiger partial charge in [-0.1, -0.05) is 29.3 Å². The van der Waals surface area contributed by atoms with Crippen LogP contribution in [0.3, 0.4) is 0 Å². The van der Waals surface area contributed by atoms with Crippen LogP contribution < -0.4 is 5.32 Å². The number of thiophene rings is 1. The van der Waals surface area contributed by atoms with E-state index in [1.165, 1.54) is 11.3 Å². The summed E-state index contributed by atoms with van der Waals surface area (Å²) in [7, 11) is 0. The van der Waals surface area contributed by atoms with Gasteiger partial charge in [0.15, 0.2) is 0 Å². The van der Waals surface area contributed by atoms with Gasteiger partial charge < -0.3 is 10.2 Å². The van der Waals surface area contributed by atoms with Gasteiger partial charge in [-0.25, -0.2) is 0 Å². The molecule has 23 heavy (non-hydrogen) atoms. The first kappa shape index (κ1) is 16.3. The van der Waals surface area contributed by atoms with E-state index >= 15 is 0 Å². The number of rotatable bonds is 3. The molecule has 1 aliphatic heterocycles. The first-order chi connectivity index (χ1) is 11.1. The number of nitrogens with zero attached hydrogens (tertiary/aromatic N) is 1. The van der Waals surface area contributed by atoms with Gasteiger partial charge in [0.1, 0.15) is 6.04 Å². The Kier molecular flexibility index (Phi) is 4.90. The Balaban J connectivity index is 1.73. The van der Waals surface area contributed by atoms with E-state index in [0.717, 1.165) is 6.42 Å². The highest BCUT2D eigenvalue weighted by atomic mass is 35.5. The van der Waals surface area contributed by atoms with Crippen molar-refractivity contribution in [3.63, 3.8) is 0 Å². The smallest absolute Gasteiger partial charge is 0.264 e. The molecule has 2 amide bonds. The van der Waals surface area contributed by atoms with Gasteiger partial charge in [-0.2, -0.15) is 0 Å². The second-order valence-electron chi connectivity index (χ2n) is 5.25. The summed E-state index contributed by atoms with van der Waals surface area (Å²) < 4.78 is 0. The van der Waals surface area contributed by atoms with Crippen molar-refractivity contribution in [3.8, 4) is 0 Å². The standard InChI is InChI=1S/C16H14Cl2N2O2S/c17-11-6-5-10(9-12(11)18)19-15(21)13-3-1-7-20(13)16(22)14-4-2-8-23-14/h2,4-6,8-9,13H,1,3,7H2,(H,19,21)/t13-/m1/s1. The molecule has 120 valence electrons. The largest absolute Gasteiger partial charge is 0.326 e. The highest BCUT2D eigenvalue weighted by molar-refractivity contribution is 7.12. The molecule has 2 heterocycles. The van der Waals surface area contributed by atoms with E-state index in [1.807, 2.05) is 11.4 Å². The van der Waals surface area contributed by atoms with Crippen molar-refractivity contribution < 1.29 is 9.59 Å². The zero-order valence-corrected chi connectivity index (χ0v) is 14.4. The van der Waals surface area contributed by atoms with Crippen LogP contribution in [0.25, 0.3) is 0 Å². The summed E-state index contributed by atoms with van der Waals surface area (Å²) in [6.45, 7) is 0.593. The maximum absolute atomic E-state index is 12.5. The van der Waals surface area contributed by atoms with Crippen LogP contribution in [0, 0.1) is 0 Å². The first-order valence-electron chi connectivity index (χ1n) is 7.16. The van der Waals surface area contributed by atoms with Gasteiger partial charge in [-0.15, -0.1) is 11.3 Å². The highest BCUT2D eigenvalue weighted by Gasteiger charge is 2.34. The summed E-state index contributed by atoms with van der Waals surface area (Å²) in [6.07, 6.45) is 1.47. The molecule has 1 fully saturated rings. The number of carbonyl (C=O) groups is 2. The molecule has 7 heteroatoms. The van der Waals surface area contributed by atoms with Gasteiger partial charge in [0, 0.05) is 12.2 Å². The molecule has 2 aromatic rings. The Hall–Kier alpha value is -1.56. The van der Waals surface area contributed by atoms with Gasteiger partial charge in [0.25, 0.3) is 5.91 Å². The average Bonchev–Trinajstić information content (AvgIpc) is 3.21. The lowest BCUT2D eigenvalue weighted by Crippen LogP contribution is -2.42. The van der Waals surface area contributed by atoms with Gasteiger partial charge >= 0.3 is 0 Å². The van der Waals surface area contributed by atoms with Gasteiger partial charge in [-0.3, -0.25) is 9.59 Å². The SMILES string of the molecule is O=C(Nc1ccc(Cl)c(Cl)c1)[C@H]1CCCN1C(=O)c1cccs1. The molecule has 1 aromatic heterocycles. The summed E-state index contributed by atoms with van der Waals surface area (Å²) in [5, 5.41) is 5.47. The quantitative estimate of drug-likeness (QED) is 0.877. The number of halogens is 2. The Morgan fingerprint density at radius 2 is 2.04 bits per heavy atom. The van der Waals surface area contributed by atoms with Crippen LogP contribution in [0.5, 0.6) is 0 Å². The number of hydrogen-bond acceptors (Lipinski definition) is 3. The van der Waals surface area contributed by atoms with Crippen LogP contribution in [-0.2, 0) is 4.79 Å². The van der Waals surface area contributed by atoms with Crippen molar-refractivity contribution in [1.82, 2.24) is 4.90 Å². The third kappa shape index (κ3) is 3.52. The molecule has 0 spiro atoms. The number of amides is 2. The molecule has 0 saturated carbocycles. The Morgan fingerprint density at radius 1 is 1.22 bits per heavy atom. The van der Waals surface area contributed by atoms with Crippen LogP contribution in [0.2, 0.25) is 10.0 Å². The third-order valence-corrected chi connectivity index (χ3v) is 5.33. The number of carbonyl (C=O) groups excluding carboxylic acids is 2. The molecule has 0 unspecified atom stereocenters. The number of nitrogens with one attached hydrogen (secondary N) is 1. The predicted octanol–water partition coefficient (Wildman–Crippen LogP) is 4.30. The van der Waals surface area contributed by atoms with E-state index in [2.05, 4.69) is 5.32 Å². The van der Waals surface area contributed by atoms with Crippen molar-refractivity contribution in [2.45, 2.75) is 18.9 Å². The number of likely N-dealkylation sites (tertiary alicyclic amines) is 1. The van der Waals surface area contributed by atoms with Crippen molar-refractivity contribution >= 4 is 52.0 Å². The van der Waals surface area contributed by atoms with E-state index in [0.29, 0.717) is 33.6 Å². The molecule has 3 rings (SSSR count). The zero-order valence-electron chi connectivity index (χ0n) is 12.1. The van der Waals surface area contributed by atoms with Gasteiger partial charge in [0.05, 0.1) is 14.9 Å².